The van der Waals surface area contributed by atoms with Crippen LogP contribution in [-0.2, 0) is 5.41 Å². The first-order valence-corrected chi connectivity index (χ1v) is 7.00. The molecule has 0 aliphatic carbocycles. The summed E-state index contributed by atoms with van der Waals surface area (Å²) in [5.41, 5.74) is 5.03. The zero-order chi connectivity index (χ0) is 14.2. The Morgan fingerprint density at radius 1 is 0.850 bits per heavy atom. The number of rotatable bonds is 1. The Labute approximate surface area is 120 Å². The van der Waals surface area contributed by atoms with E-state index in [4.69, 9.17) is 0 Å². The van der Waals surface area contributed by atoms with Gasteiger partial charge in [-0.3, -0.25) is 4.98 Å². The molecule has 100 valence electrons. The molecule has 1 nitrogen and oxygen atoms in total. The van der Waals surface area contributed by atoms with Crippen molar-refractivity contribution in [2.45, 2.75) is 26.2 Å². The van der Waals surface area contributed by atoms with Crippen LogP contribution in [0.5, 0.6) is 0 Å². The third kappa shape index (κ3) is 2.32. The Kier molecular flexibility index (Phi) is 3.06. The van der Waals surface area contributed by atoms with Crippen molar-refractivity contribution in [3.8, 4) is 11.1 Å². The van der Waals surface area contributed by atoms with E-state index in [0.29, 0.717) is 0 Å². The van der Waals surface area contributed by atoms with Gasteiger partial charge in [0.25, 0.3) is 0 Å². The number of nitrogens with zero attached hydrogens (tertiary/aromatic N) is 1. The van der Waals surface area contributed by atoms with E-state index in [-0.39, 0.29) is 5.41 Å². The lowest BCUT2D eigenvalue weighted by Crippen LogP contribution is -2.10. The van der Waals surface area contributed by atoms with E-state index in [1.54, 1.807) is 0 Å². The maximum absolute atomic E-state index is 4.54. The van der Waals surface area contributed by atoms with Gasteiger partial charge in [-0.2, -0.15) is 0 Å². The molecule has 20 heavy (non-hydrogen) atoms. The summed E-state index contributed by atoms with van der Waals surface area (Å²) in [6.45, 7) is 6.69. The van der Waals surface area contributed by atoms with Crippen LogP contribution in [-0.4, -0.2) is 4.98 Å². The molecule has 0 N–H and O–H groups in total. The van der Waals surface area contributed by atoms with Gasteiger partial charge in [-0.05, 0) is 34.2 Å². The Balaban J connectivity index is 2.22. The number of benzene rings is 2. The molecule has 3 aromatic rings. The molecule has 3 rings (SSSR count). The Morgan fingerprint density at radius 2 is 1.60 bits per heavy atom. The molecule has 0 amide bonds. The van der Waals surface area contributed by atoms with Gasteiger partial charge in [0.05, 0.1) is 5.52 Å². The van der Waals surface area contributed by atoms with Crippen molar-refractivity contribution in [3.63, 3.8) is 0 Å². The van der Waals surface area contributed by atoms with Crippen molar-refractivity contribution in [3.05, 3.63) is 66.4 Å². The first-order chi connectivity index (χ1) is 9.55. The third-order valence-corrected chi connectivity index (χ3v) is 3.69. The van der Waals surface area contributed by atoms with Gasteiger partial charge in [0.15, 0.2) is 0 Å². The lowest BCUT2D eigenvalue weighted by molar-refractivity contribution is 0.591. The molecule has 0 spiro atoms. The topological polar surface area (TPSA) is 12.9 Å². The van der Waals surface area contributed by atoms with Gasteiger partial charge in [0.2, 0.25) is 0 Å². The smallest absolute Gasteiger partial charge is 0.0711 e. The van der Waals surface area contributed by atoms with E-state index in [1.807, 2.05) is 12.3 Å². The minimum absolute atomic E-state index is 0.151. The molecule has 0 radical (unpaired) electrons. The second-order valence-corrected chi connectivity index (χ2v) is 6.21. The summed E-state index contributed by atoms with van der Waals surface area (Å²) in [4.78, 5) is 4.54. The summed E-state index contributed by atoms with van der Waals surface area (Å²) in [6, 6.07) is 19.2. The number of pyridine rings is 1. The molecular weight excluding hydrogens is 242 g/mol. The summed E-state index contributed by atoms with van der Waals surface area (Å²) in [7, 11) is 0. The minimum atomic E-state index is 0.151. The number of hydrogen-bond acceptors (Lipinski definition) is 1. The zero-order valence-electron chi connectivity index (χ0n) is 12.2. The molecule has 0 atom stereocenters. The normalized spacial score (nSPS) is 11.8. The van der Waals surface area contributed by atoms with Crippen LogP contribution in [0.2, 0.25) is 0 Å². The number of fused-ring (bicyclic) bond motifs is 1. The summed E-state index contributed by atoms with van der Waals surface area (Å²) in [5, 5.41) is 1.21. The van der Waals surface area contributed by atoms with Crippen LogP contribution in [0.1, 0.15) is 26.3 Å². The summed E-state index contributed by atoms with van der Waals surface area (Å²) < 4.78 is 0. The molecule has 1 aromatic heterocycles. The molecule has 0 unspecified atom stereocenters. The van der Waals surface area contributed by atoms with Gasteiger partial charge in [-0.1, -0.05) is 63.2 Å². The van der Waals surface area contributed by atoms with Crippen molar-refractivity contribution in [1.29, 1.82) is 0 Å². The Morgan fingerprint density at radius 3 is 2.30 bits per heavy atom. The van der Waals surface area contributed by atoms with Crippen molar-refractivity contribution in [1.82, 2.24) is 4.98 Å². The van der Waals surface area contributed by atoms with Crippen LogP contribution in [0.15, 0.2) is 60.8 Å². The van der Waals surface area contributed by atoms with Crippen LogP contribution in [0.25, 0.3) is 22.0 Å². The van der Waals surface area contributed by atoms with E-state index in [2.05, 4.69) is 74.3 Å². The van der Waals surface area contributed by atoms with Crippen molar-refractivity contribution < 1.29 is 0 Å². The Bertz CT molecular complexity index is 737. The quantitative estimate of drug-likeness (QED) is 0.586. The van der Waals surface area contributed by atoms with Crippen molar-refractivity contribution >= 4 is 10.9 Å². The molecule has 1 heteroatoms. The van der Waals surface area contributed by atoms with E-state index < -0.39 is 0 Å². The fourth-order valence-electron chi connectivity index (χ4n) is 2.48. The maximum Gasteiger partial charge on any atom is 0.0711 e. The first-order valence-electron chi connectivity index (χ1n) is 7.00. The molecule has 0 saturated heterocycles. The summed E-state index contributed by atoms with van der Waals surface area (Å²) in [6.07, 6.45) is 1.90. The van der Waals surface area contributed by atoms with Crippen molar-refractivity contribution in [2.75, 3.05) is 0 Å². The van der Waals surface area contributed by atoms with Crippen LogP contribution < -0.4 is 0 Å². The lowest BCUT2D eigenvalue weighted by atomic mass is 9.86. The predicted molar refractivity (Wildman–Crippen MR) is 85.9 cm³/mol. The lowest BCUT2D eigenvalue weighted by Gasteiger charge is -2.19. The molecule has 1 heterocycles. The highest BCUT2D eigenvalue weighted by Gasteiger charge is 2.14. The fourth-order valence-corrected chi connectivity index (χ4v) is 2.48. The van der Waals surface area contributed by atoms with Crippen LogP contribution >= 0.6 is 0 Å². The average molecular weight is 261 g/mol. The number of hydrogen-bond donors (Lipinski definition) is 0. The standard InChI is InChI=1S/C19H19N/c1-19(2,3)15-9-10-17-16(11-12-20-18(17)13-15)14-7-5-4-6-8-14/h4-13H,1-3H3. The van der Waals surface area contributed by atoms with Crippen molar-refractivity contribution in [2.24, 2.45) is 0 Å². The van der Waals surface area contributed by atoms with Crippen LogP contribution in [0.3, 0.4) is 0 Å². The minimum Gasteiger partial charge on any atom is -0.256 e. The summed E-state index contributed by atoms with van der Waals surface area (Å²) in [5.74, 6) is 0. The largest absolute Gasteiger partial charge is 0.256 e. The average Bonchev–Trinajstić information content (AvgIpc) is 2.46. The van der Waals surface area contributed by atoms with Gasteiger partial charge < -0.3 is 0 Å². The molecule has 0 fully saturated rings. The summed E-state index contributed by atoms with van der Waals surface area (Å²) >= 11 is 0. The molecule has 0 aliphatic rings. The highest BCUT2D eigenvalue weighted by Crippen LogP contribution is 2.30. The molecular formula is C19H19N. The SMILES string of the molecule is CC(C)(C)c1ccc2c(-c3ccccc3)ccnc2c1. The van der Waals surface area contributed by atoms with Crippen LogP contribution in [0, 0.1) is 0 Å². The molecule has 0 aliphatic heterocycles. The molecule has 2 aromatic carbocycles. The zero-order valence-corrected chi connectivity index (χ0v) is 12.2. The van der Waals surface area contributed by atoms with Gasteiger partial charge >= 0.3 is 0 Å². The fraction of sp³-hybridized carbons (Fsp3) is 0.211. The third-order valence-electron chi connectivity index (χ3n) is 3.69. The molecule has 0 bridgehead atoms. The van der Waals surface area contributed by atoms with Gasteiger partial charge in [-0.25, -0.2) is 0 Å². The van der Waals surface area contributed by atoms with Crippen LogP contribution in [0.4, 0.5) is 0 Å². The highest BCUT2D eigenvalue weighted by atomic mass is 14.6. The van der Waals surface area contributed by atoms with Gasteiger partial charge in [0.1, 0.15) is 0 Å². The van der Waals surface area contributed by atoms with E-state index in [9.17, 15) is 0 Å². The first kappa shape index (κ1) is 12.9. The van der Waals surface area contributed by atoms with E-state index in [0.717, 1.165) is 5.52 Å². The monoisotopic (exact) mass is 261 g/mol. The number of aromatic nitrogens is 1. The van der Waals surface area contributed by atoms with E-state index in [1.165, 1.54) is 22.1 Å². The second-order valence-electron chi connectivity index (χ2n) is 6.21. The maximum atomic E-state index is 4.54. The van der Waals surface area contributed by atoms with E-state index >= 15 is 0 Å². The van der Waals surface area contributed by atoms with Gasteiger partial charge in [-0.15, -0.1) is 0 Å². The second kappa shape index (κ2) is 4.75. The molecule has 0 saturated carbocycles. The van der Waals surface area contributed by atoms with Gasteiger partial charge in [0, 0.05) is 11.6 Å². The predicted octanol–water partition coefficient (Wildman–Crippen LogP) is 5.20. The Hall–Kier alpha value is -2.15. The highest BCUT2D eigenvalue weighted by molar-refractivity contribution is 5.94.